The van der Waals surface area contributed by atoms with Crippen LogP contribution in [0, 0.1) is 34.5 Å². The second-order valence-electron chi connectivity index (χ2n) is 10.0. The first kappa shape index (κ1) is 20.3. The zero-order chi connectivity index (χ0) is 21.0. The summed E-state index contributed by atoms with van der Waals surface area (Å²) < 4.78 is 4.97. The topological polar surface area (TPSA) is 95.4 Å². The van der Waals surface area contributed by atoms with Crippen LogP contribution in [0.25, 0.3) is 10.4 Å². The lowest BCUT2D eigenvalue weighted by atomic mass is 9.47. The van der Waals surface area contributed by atoms with E-state index in [-0.39, 0.29) is 28.7 Å². The fraction of sp³-hybridized carbons (Fsp3) is 0.818. The van der Waals surface area contributed by atoms with Gasteiger partial charge in [-0.15, -0.1) is 0 Å². The summed E-state index contributed by atoms with van der Waals surface area (Å²) in [6.07, 6.45) is 10.2. The van der Waals surface area contributed by atoms with E-state index in [0.29, 0.717) is 17.8 Å². The number of likely N-dealkylation sites (N-methyl/N-ethyl adjacent to an activating group) is 1. The monoisotopic (exact) mass is 400 g/mol. The molecule has 7 heteroatoms. The Labute approximate surface area is 172 Å². The van der Waals surface area contributed by atoms with Crippen molar-refractivity contribution >= 4 is 11.9 Å². The lowest BCUT2D eigenvalue weighted by molar-refractivity contribution is -0.147. The van der Waals surface area contributed by atoms with Gasteiger partial charge in [0.2, 0.25) is 5.91 Å². The standard InChI is InChI=1S/C22H32N4O3/c1-21-11-9-15-13(5-8-17-22(15,2)12-10-18(27)26(17)3)14(21)6-7-16(21)19(24-25-23)20(28)29-4/h10,12-17,19H,5-9,11H2,1-4H3/t13?,14-,15?,16+,17+,19?,21-,22+/m0/s1. The van der Waals surface area contributed by atoms with Gasteiger partial charge in [-0.25, -0.2) is 0 Å². The number of hydrogen-bond donors (Lipinski definition) is 0. The minimum Gasteiger partial charge on any atom is -0.469 e. The quantitative estimate of drug-likeness (QED) is 0.309. The first-order valence-electron chi connectivity index (χ1n) is 10.9. The van der Waals surface area contributed by atoms with Gasteiger partial charge in [0.15, 0.2) is 0 Å². The Morgan fingerprint density at radius 2 is 2.03 bits per heavy atom. The van der Waals surface area contributed by atoms with Gasteiger partial charge in [0.1, 0.15) is 6.04 Å². The molecule has 0 aromatic carbocycles. The summed E-state index contributed by atoms with van der Waals surface area (Å²) in [6.45, 7) is 4.63. The van der Waals surface area contributed by atoms with Crippen LogP contribution in [0.3, 0.4) is 0 Å². The van der Waals surface area contributed by atoms with Crippen molar-refractivity contribution in [2.24, 2.45) is 39.6 Å². The molecule has 0 aromatic heterocycles. The highest BCUT2D eigenvalue weighted by Crippen LogP contribution is 2.66. The molecule has 0 radical (unpaired) electrons. The van der Waals surface area contributed by atoms with Crippen molar-refractivity contribution < 1.29 is 14.3 Å². The van der Waals surface area contributed by atoms with E-state index in [1.165, 1.54) is 7.11 Å². The summed E-state index contributed by atoms with van der Waals surface area (Å²) in [6, 6.07) is -0.462. The Morgan fingerprint density at radius 3 is 2.72 bits per heavy atom. The van der Waals surface area contributed by atoms with E-state index < -0.39 is 12.0 Å². The van der Waals surface area contributed by atoms with Crippen LogP contribution >= 0.6 is 0 Å². The lowest BCUT2D eigenvalue weighted by Crippen LogP contribution is -2.59. The molecular weight excluding hydrogens is 368 g/mol. The van der Waals surface area contributed by atoms with Crippen molar-refractivity contribution in [1.82, 2.24) is 4.90 Å². The smallest absolute Gasteiger partial charge is 0.314 e. The number of fused-ring (bicyclic) bond motifs is 5. The molecule has 1 aliphatic heterocycles. The van der Waals surface area contributed by atoms with Crippen LogP contribution in [-0.2, 0) is 14.3 Å². The largest absolute Gasteiger partial charge is 0.469 e. The van der Waals surface area contributed by atoms with Crippen LogP contribution in [-0.4, -0.2) is 43.0 Å². The molecule has 3 saturated carbocycles. The third kappa shape index (κ3) is 2.81. The first-order valence-corrected chi connectivity index (χ1v) is 10.9. The number of carbonyl (C=O) groups excluding carboxylic acids is 2. The van der Waals surface area contributed by atoms with E-state index in [9.17, 15) is 9.59 Å². The SMILES string of the molecule is COC(=O)C(N=[N+]=[N-])[C@H]1CC[C@H]2C3CC[C@H]4N(C)C(=O)C=C[C@]4(C)C3CC[C@]12C. The zero-order valence-electron chi connectivity index (χ0n) is 17.9. The molecule has 0 aromatic rings. The minimum atomic E-state index is -0.734. The normalized spacial score (nSPS) is 44.2. The van der Waals surface area contributed by atoms with Crippen molar-refractivity contribution in [3.05, 3.63) is 22.6 Å². The van der Waals surface area contributed by atoms with Crippen LogP contribution in [0.15, 0.2) is 17.3 Å². The van der Waals surface area contributed by atoms with E-state index in [4.69, 9.17) is 10.3 Å². The fourth-order valence-corrected chi connectivity index (χ4v) is 7.77. The van der Waals surface area contributed by atoms with Gasteiger partial charge >= 0.3 is 5.97 Å². The molecule has 4 aliphatic rings. The second-order valence-corrected chi connectivity index (χ2v) is 10.0. The van der Waals surface area contributed by atoms with E-state index in [1.807, 2.05) is 11.9 Å². The number of azide groups is 1. The second kappa shape index (κ2) is 7.05. The number of amides is 1. The van der Waals surface area contributed by atoms with Gasteiger partial charge in [0.25, 0.3) is 0 Å². The van der Waals surface area contributed by atoms with E-state index >= 15 is 0 Å². The highest BCUT2D eigenvalue weighted by Gasteiger charge is 2.61. The summed E-state index contributed by atoms with van der Waals surface area (Å²) in [5.74, 6) is 1.37. The Kier molecular flexibility index (Phi) is 4.93. The number of ether oxygens (including phenoxy) is 1. The molecule has 0 N–H and O–H groups in total. The van der Waals surface area contributed by atoms with Crippen LogP contribution < -0.4 is 0 Å². The average molecular weight is 401 g/mol. The Hall–Kier alpha value is -2.01. The maximum atomic E-state index is 12.4. The summed E-state index contributed by atoms with van der Waals surface area (Å²) >= 11 is 0. The molecule has 3 aliphatic carbocycles. The molecule has 3 unspecified atom stereocenters. The summed E-state index contributed by atoms with van der Waals surface area (Å²) in [5.41, 5.74) is 9.02. The van der Waals surface area contributed by atoms with Crippen LogP contribution in [0.5, 0.6) is 0 Å². The molecule has 29 heavy (non-hydrogen) atoms. The third-order valence-corrected chi connectivity index (χ3v) is 9.20. The highest BCUT2D eigenvalue weighted by molar-refractivity contribution is 5.89. The molecule has 0 saturated heterocycles. The molecule has 1 amide bonds. The Balaban J connectivity index is 1.64. The van der Waals surface area contributed by atoms with E-state index in [1.54, 1.807) is 6.08 Å². The molecular formula is C22H32N4O3. The summed E-state index contributed by atoms with van der Waals surface area (Å²) in [5, 5.41) is 3.87. The molecule has 0 spiro atoms. The maximum Gasteiger partial charge on any atom is 0.314 e. The predicted octanol–water partition coefficient (Wildman–Crippen LogP) is 4.09. The van der Waals surface area contributed by atoms with Crippen molar-refractivity contribution in [2.45, 2.75) is 64.5 Å². The Bertz CT molecular complexity index is 791. The van der Waals surface area contributed by atoms with Crippen molar-refractivity contribution in [3.63, 3.8) is 0 Å². The van der Waals surface area contributed by atoms with Gasteiger partial charge in [-0.1, -0.05) is 25.0 Å². The third-order valence-electron chi connectivity index (χ3n) is 9.20. The van der Waals surface area contributed by atoms with Crippen LogP contribution in [0.4, 0.5) is 0 Å². The van der Waals surface area contributed by atoms with Crippen LogP contribution in [0.1, 0.15) is 52.4 Å². The molecule has 7 nitrogen and oxygen atoms in total. The van der Waals surface area contributed by atoms with Gasteiger partial charge in [-0.3, -0.25) is 9.59 Å². The zero-order valence-corrected chi connectivity index (χ0v) is 17.9. The van der Waals surface area contributed by atoms with Gasteiger partial charge in [-0.2, -0.15) is 0 Å². The average Bonchev–Trinajstić information content (AvgIpc) is 3.05. The number of esters is 1. The summed E-state index contributed by atoms with van der Waals surface area (Å²) in [4.78, 5) is 29.5. The molecule has 0 bridgehead atoms. The minimum absolute atomic E-state index is 0.0115. The first-order chi connectivity index (χ1) is 13.8. The molecule has 158 valence electrons. The van der Waals surface area contributed by atoms with Crippen molar-refractivity contribution in [1.29, 1.82) is 0 Å². The van der Waals surface area contributed by atoms with Crippen molar-refractivity contribution in [2.75, 3.05) is 14.2 Å². The number of methoxy groups -OCH3 is 1. The van der Waals surface area contributed by atoms with Gasteiger partial charge < -0.3 is 9.64 Å². The van der Waals surface area contributed by atoms with Crippen LogP contribution in [0.2, 0.25) is 0 Å². The molecule has 8 atom stereocenters. The lowest BCUT2D eigenvalue weighted by Gasteiger charge is -2.60. The Morgan fingerprint density at radius 1 is 1.28 bits per heavy atom. The molecule has 4 rings (SSSR count). The van der Waals surface area contributed by atoms with Crippen molar-refractivity contribution in [3.8, 4) is 0 Å². The molecule has 3 fully saturated rings. The number of rotatable bonds is 3. The predicted molar refractivity (Wildman–Crippen MR) is 109 cm³/mol. The van der Waals surface area contributed by atoms with E-state index in [0.717, 1.165) is 38.5 Å². The number of nitrogens with zero attached hydrogens (tertiary/aromatic N) is 4. The summed E-state index contributed by atoms with van der Waals surface area (Å²) in [7, 11) is 3.30. The van der Waals surface area contributed by atoms with Gasteiger partial charge in [-0.05, 0) is 79.2 Å². The molecule has 1 heterocycles. The highest BCUT2D eigenvalue weighted by atomic mass is 16.5. The number of carbonyl (C=O) groups is 2. The van der Waals surface area contributed by atoms with Gasteiger partial charge in [0.05, 0.1) is 7.11 Å². The van der Waals surface area contributed by atoms with E-state index in [2.05, 4.69) is 29.9 Å². The maximum absolute atomic E-state index is 12.4. The number of hydrogen-bond acceptors (Lipinski definition) is 4. The van der Waals surface area contributed by atoms with Gasteiger partial charge in [0, 0.05) is 23.4 Å². The fourth-order valence-electron chi connectivity index (χ4n) is 7.77.